The maximum Gasteiger partial charge on any atom is 0.220 e. The van der Waals surface area contributed by atoms with Gasteiger partial charge in [-0.3, -0.25) is 4.79 Å². The van der Waals surface area contributed by atoms with E-state index in [1.807, 2.05) is 0 Å². The third kappa shape index (κ3) is 22.4. The Morgan fingerprint density at radius 2 is 1.30 bits per heavy atom. The molecule has 0 saturated carbocycles. The molecule has 2 atom stereocenters. The van der Waals surface area contributed by atoms with Crippen molar-refractivity contribution in [2.24, 2.45) is 0 Å². The van der Waals surface area contributed by atoms with Gasteiger partial charge in [0.25, 0.3) is 0 Å². The van der Waals surface area contributed by atoms with Gasteiger partial charge in [-0.15, -0.1) is 0 Å². The first kappa shape index (κ1) is 31.9. The summed E-state index contributed by atoms with van der Waals surface area (Å²) >= 11 is 0. The first-order valence-corrected chi connectivity index (χ1v) is 14.0. The van der Waals surface area contributed by atoms with E-state index < -0.39 is 12.1 Å². The Morgan fingerprint density at radius 1 is 0.727 bits per heavy atom. The smallest absolute Gasteiger partial charge is 0.220 e. The van der Waals surface area contributed by atoms with Crippen molar-refractivity contribution in [2.45, 2.75) is 148 Å². The van der Waals surface area contributed by atoms with Crippen LogP contribution in [0.1, 0.15) is 136 Å². The maximum atomic E-state index is 12.2. The van der Waals surface area contributed by atoms with Gasteiger partial charge >= 0.3 is 0 Å². The van der Waals surface area contributed by atoms with Gasteiger partial charge in [-0.25, -0.2) is 0 Å². The molecule has 0 rings (SSSR count). The third-order valence-electron chi connectivity index (χ3n) is 6.20. The maximum absolute atomic E-state index is 12.2. The van der Waals surface area contributed by atoms with E-state index in [2.05, 4.69) is 43.5 Å². The number of amides is 1. The van der Waals surface area contributed by atoms with Crippen LogP contribution in [0.15, 0.2) is 24.3 Å². The molecule has 0 heterocycles. The summed E-state index contributed by atoms with van der Waals surface area (Å²) in [7, 11) is 0. The largest absolute Gasteiger partial charge is 0.394 e. The highest BCUT2D eigenvalue weighted by molar-refractivity contribution is 5.76. The second-order valence-electron chi connectivity index (χ2n) is 9.46. The summed E-state index contributed by atoms with van der Waals surface area (Å²) in [5.74, 6) is -0.0527. The fourth-order valence-electron chi connectivity index (χ4n) is 3.98. The lowest BCUT2D eigenvalue weighted by molar-refractivity contribution is -0.123. The number of hydrogen-bond acceptors (Lipinski definition) is 3. The molecule has 0 aromatic carbocycles. The van der Waals surface area contributed by atoms with Crippen LogP contribution < -0.4 is 5.32 Å². The zero-order valence-corrected chi connectivity index (χ0v) is 21.9. The Hall–Kier alpha value is -1.13. The molecule has 0 bridgehead atoms. The van der Waals surface area contributed by atoms with E-state index in [0.29, 0.717) is 12.8 Å². The SMILES string of the molecule is CCC/C=C\C/C=C\CCCCCCCC(=O)NC(CO)C(O)CCCCCCCCCC. The molecule has 4 heteroatoms. The van der Waals surface area contributed by atoms with Crippen molar-refractivity contribution in [1.29, 1.82) is 0 Å². The number of unbranched alkanes of at least 4 members (excludes halogenated alkanes) is 13. The molecule has 0 aromatic rings. The molecule has 0 aliphatic carbocycles. The number of aliphatic hydroxyl groups excluding tert-OH is 2. The van der Waals surface area contributed by atoms with Gasteiger partial charge < -0.3 is 15.5 Å². The zero-order chi connectivity index (χ0) is 24.4. The van der Waals surface area contributed by atoms with Gasteiger partial charge in [-0.2, -0.15) is 0 Å². The standard InChI is InChI=1S/C29H55NO3/c1-3-5-7-9-11-13-14-15-16-17-19-21-23-25-29(33)30-27(26-31)28(32)24-22-20-18-12-10-8-6-4-2/h7,9,13-14,27-28,31-32H,3-6,8,10-12,15-26H2,1-2H3,(H,30,33)/b9-7-,14-13-. The van der Waals surface area contributed by atoms with Gasteiger partial charge in [0.1, 0.15) is 0 Å². The van der Waals surface area contributed by atoms with Crippen molar-refractivity contribution >= 4 is 5.91 Å². The summed E-state index contributed by atoms with van der Waals surface area (Å²) < 4.78 is 0. The van der Waals surface area contributed by atoms with Gasteiger partial charge in [-0.05, 0) is 38.5 Å². The van der Waals surface area contributed by atoms with E-state index in [9.17, 15) is 15.0 Å². The van der Waals surface area contributed by atoms with E-state index in [1.54, 1.807) is 0 Å². The van der Waals surface area contributed by atoms with Crippen molar-refractivity contribution in [3.63, 3.8) is 0 Å². The Bertz CT molecular complexity index is 475. The highest BCUT2D eigenvalue weighted by Gasteiger charge is 2.19. The van der Waals surface area contributed by atoms with Crippen LogP contribution in [-0.4, -0.2) is 34.9 Å². The van der Waals surface area contributed by atoms with Crippen LogP contribution in [0.5, 0.6) is 0 Å². The first-order valence-electron chi connectivity index (χ1n) is 14.0. The summed E-state index contributed by atoms with van der Waals surface area (Å²) in [4.78, 5) is 12.2. The van der Waals surface area contributed by atoms with Crippen LogP contribution in [0.3, 0.4) is 0 Å². The van der Waals surface area contributed by atoms with Crippen LogP contribution in [0.25, 0.3) is 0 Å². The van der Waals surface area contributed by atoms with E-state index in [4.69, 9.17) is 0 Å². The van der Waals surface area contributed by atoms with Crippen LogP contribution >= 0.6 is 0 Å². The van der Waals surface area contributed by atoms with E-state index in [-0.39, 0.29) is 12.5 Å². The minimum atomic E-state index is -0.658. The molecule has 194 valence electrons. The number of carbonyl (C=O) groups excluding carboxylic acids is 1. The topological polar surface area (TPSA) is 69.6 Å². The predicted molar refractivity (Wildman–Crippen MR) is 142 cm³/mol. The van der Waals surface area contributed by atoms with Crippen molar-refractivity contribution < 1.29 is 15.0 Å². The van der Waals surface area contributed by atoms with Gasteiger partial charge in [0.15, 0.2) is 0 Å². The number of rotatable bonds is 24. The summed E-state index contributed by atoms with van der Waals surface area (Å²) in [5, 5.41) is 22.7. The Kier molecular flexibility index (Phi) is 24.6. The minimum absolute atomic E-state index is 0.0527. The molecule has 0 aliphatic rings. The fraction of sp³-hybridized carbons (Fsp3) is 0.828. The van der Waals surface area contributed by atoms with Crippen LogP contribution in [0.2, 0.25) is 0 Å². The Balaban J connectivity index is 3.67. The minimum Gasteiger partial charge on any atom is -0.394 e. The Morgan fingerprint density at radius 3 is 1.94 bits per heavy atom. The first-order chi connectivity index (χ1) is 16.2. The van der Waals surface area contributed by atoms with E-state index in [1.165, 1.54) is 64.2 Å². The van der Waals surface area contributed by atoms with Crippen LogP contribution in [0.4, 0.5) is 0 Å². The number of allylic oxidation sites excluding steroid dienone is 4. The number of nitrogens with one attached hydrogen (secondary N) is 1. The fourth-order valence-corrected chi connectivity index (χ4v) is 3.98. The molecule has 0 fully saturated rings. The van der Waals surface area contributed by atoms with Crippen molar-refractivity contribution in [1.82, 2.24) is 5.32 Å². The summed E-state index contributed by atoms with van der Waals surface area (Å²) in [6, 6.07) is -0.536. The molecule has 4 nitrogen and oxygen atoms in total. The Labute approximate surface area is 205 Å². The van der Waals surface area contributed by atoms with Gasteiger partial charge in [-0.1, -0.05) is 115 Å². The molecule has 33 heavy (non-hydrogen) atoms. The van der Waals surface area contributed by atoms with Crippen LogP contribution in [-0.2, 0) is 4.79 Å². The van der Waals surface area contributed by atoms with Crippen molar-refractivity contribution in [3.05, 3.63) is 24.3 Å². The second kappa shape index (κ2) is 25.5. The average Bonchev–Trinajstić information content (AvgIpc) is 2.82. The quantitative estimate of drug-likeness (QED) is 0.103. The molecule has 0 spiro atoms. The molecule has 0 saturated heterocycles. The van der Waals surface area contributed by atoms with E-state index in [0.717, 1.165) is 44.9 Å². The average molecular weight is 466 g/mol. The molecular formula is C29H55NO3. The van der Waals surface area contributed by atoms with Gasteiger partial charge in [0.05, 0.1) is 18.8 Å². The zero-order valence-electron chi connectivity index (χ0n) is 21.9. The van der Waals surface area contributed by atoms with Gasteiger partial charge in [0.2, 0.25) is 5.91 Å². The van der Waals surface area contributed by atoms with Crippen LogP contribution in [0, 0.1) is 0 Å². The summed E-state index contributed by atoms with van der Waals surface area (Å²) in [5.41, 5.74) is 0. The highest BCUT2D eigenvalue weighted by atomic mass is 16.3. The number of hydrogen-bond donors (Lipinski definition) is 3. The normalized spacial score (nSPS) is 13.7. The highest BCUT2D eigenvalue weighted by Crippen LogP contribution is 2.13. The summed E-state index contributed by atoms with van der Waals surface area (Å²) in [6.07, 6.45) is 29.3. The molecule has 3 N–H and O–H groups in total. The molecule has 2 unspecified atom stereocenters. The number of aliphatic hydroxyl groups is 2. The molecule has 0 aromatic heterocycles. The third-order valence-corrected chi connectivity index (χ3v) is 6.20. The van der Waals surface area contributed by atoms with Crippen molar-refractivity contribution in [3.8, 4) is 0 Å². The number of carbonyl (C=O) groups is 1. The lowest BCUT2D eigenvalue weighted by atomic mass is 10.0. The molecule has 1 amide bonds. The monoisotopic (exact) mass is 465 g/mol. The predicted octanol–water partition coefficient (Wildman–Crippen LogP) is 7.39. The van der Waals surface area contributed by atoms with Crippen molar-refractivity contribution in [2.75, 3.05) is 6.61 Å². The molecule has 0 radical (unpaired) electrons. The molecular weight excluding hydrogens is 410 g/mol. The second-order valence-corrected chi connectivity index (χ2v) is 9.46. The lowest BCUT2D eigenvalue weighted by Gasteiger charge is -2.22. The van der Waals surface area contributed by atoms with Gasteiger partial charge in [0, 0.05) is 6.42 Å². The molecule has 0 aliphatic heterocycles. The summed E-state index contributed by atoms with van der Waals surface area (Å²) in [6.45, 7) is 4.22. The van der Waals surface area contributed by atoms with E-state index >= 15 is 0 Å². The lowest BCUT2D eigenvalue weighted by Crippen LogP contribution is -2.45.